The highest BCUT2D eigenvalue weighted by molar-refractivity contribution is 6.05. The highest BCUT2D eigenvalue weighted by atomic mass is 16.6. The van der Waals surface area contributed by atoms with Crippen molar-refractivity contribution in [2.24, 2.45) is 5.73 Å². The summed E-state index contributed by atoms with van der Waals surface area (Å²) < 4.78 is 10.0. The number of anilines is 2. The fraction of sp³-hybridized carbons (Fsp3) is 0.304. The lowest BCUT2D eigenvalue weighted by Crippen LogP contribution is -2.43. The van der Waals surface area contributed by atoms with Crippen LogP contribution in [0.1, 0.15) is 36.2 Å². The van der Waals surface area contributed by atoms with Gasteiger partial charge in [0.1, 0.15) is 6.04 Å². The van der Waals surface area contributed by atoms with E-state index < -0.39 is 18.1 Å². The van der Waals surface area contributed by atoms with Crippen molar-refractivity contribution in [1.82, 2.24) is 5.32 Å². The molecule has 0 bridgehead atoms. The van der Waals surface area contributed by atoms with E-state index in [2.05, 4.69) is 16.0 Å². The first-order valence-electron chi connectivity index (χ1n) is 10.5. The van der Waals surface area contributed by atoms with Gasteiger partial charge in [-0.25, -0.2) is 9.59 Å². The van der Waals surface area contributed by atoms with E-state index in [9.17, 15) is 14.4 Å². The number of hydrogen-bond acceptors (Lipinski definition) is 6. The van der Waals surface area contributed by atoms with Gasteiger partial charge >= 0.3 is 12.1 Å². The Morgan fingerprint density at radius 1 is 1.00 bits per heavy atom. The quantitative estimate of drug-likeness (QED) is 0.209. The monoisotopic (exact) mass is 455 g/mol. The molecule has 1 atom stereocenters. The fourth-order valence-electron chi connectivity index (χ4n) is 2.87. The standard InChI is InChI=1S/C23H29N5O5/c1-3-12-33-23(31)28-19(21(30)32-4-2)13-15-8-10-17(11-9-15)26-20(29)16-6-5-7-18(14-16)27-22(24)25/h5-11,14,19H,3-4,12-13H2,1-2H3,(H,26,29)(H,28,31)(H4,24,25,27)/t19-/m0/s1. The molecule has 0 saturated carbocycles. The summed E-state index contributed by atoms with van der Waals surface area (Å²) in [5.41, 5.74) is 7.55. The summed E-state index contributed by atoms with van der Waals surface area (Å²) in [6.07, 6.45) is 0.190. The van der Waals surface area contributed by atoms with E-state index in [4.69, 9.17) is 20.6 Å². The maximum Gasteiger partial charge on any atom is 0.407 e. The molecule has 2 amide bonds. The van der Waals surface area contributed by atoms with Crippen molar-refractivity contribution in [3.05, 3.63) is 59.7 Å². The predicted molar refractivity (Wildman–Crippen MR) is 125 cm³/mol. The summed E-state index contributed by atoms with van der Waals surface area (Å²) in [7, 11) is 0. The molecule has 10 heteroatoms. The van der Waals surface area contributed by atoms with Gasteiger partial charge in [-0.15, -0.1) is 0 Å². The molecule has 33 heavy (non-hydrogen) atoms. The van der Waals surface area contributed by atoms with Crippen molar-refractivity contribution in [3.8, 4) is 0 Å². The summed E-state index contributed by atoms with van der Waals surface area (Å²) >= 11 is 0. The molecule has 0 spiro atoms. The van der Waals surface area contributed by atoms with Crippen molar-refractivity contribution >= 4 is 35.3 Å². The zero-order valence-electron chi connectivity index (χ0n) is 18.6. The molecule has 10 nitrogen and oxygen atoms in total. The average molecular weight is 456 g/mol. The van der Waals surface area contributed by atoms with Crippen molar-refractivity contribution in [3.63, 3.8) is 0 Å². The topological polar surface area (TPSA) is 156 Å². The smallest absolute Gasteiger partial charge is 0.407 e. The maximum atomic E-state index is 12.5. The summed E-state index contributed by atoms with van der Waals surface area (Å²) in [5, 5.41) is 15.2. The maximum absolute atomic E-state index is 12.5. The van der Waals surface area contributed by atoms with Gasteiger partial charge in [-0.3, -0.25) is 10.2 Å². The first-order chi connectivity index (χ1) is 15.8. The lowest BCUT2D eigenvalue weighted by Gasteiger charge is -2.17. The Balaban J connectivity index is 2.03. The summed E-state index contributed by atoms with van der Waals surface area (Å²) in [5.74, 6) is -1.11. The molecule has 0 unspecified atom stereocenters. The molecule has 0 saturated heterocycles. The molecule has 0 aromatic heterocycles. The number of carbonyl (C=O) groups excluding carboxylic acids is 3. The van der Waals surface area contributed by atoms with Gasteiger partial charge < -0.3 is 31.2 Å². The minimum absolute atomic E-state index is 0.190. The molecule has 2 rings (SSSR count). The minimum Gasteiger partial charge on any atom is -0.464 e. The van der Waals surface area contributed by atoms with Gasteiger partial charge in [0.2, 0.25) is 0 Å². The van der Waals surface area contributed by atoms with E-state index >= 15 is 0 Å². The molecular formula is C23H29N5O5. The molecule has 0 radical (unpaired) electrons. The SMILES string of the molecule is CCCOC(=O)N[C@@H](Cc1ccc(NC(=O)c2cccc(NC(=N)N)c2)cc1)C(=O)OCC. The predicted octanol–water partition coefficient (Wildman–Crippen LogP) is 2.85. The van der Waals surface area contributed by atoms with Crippen LogP contribution in [-0.4, -0.2) is 43.2 Å². The van der Waals surface area contributed by atoms with E-state index in [1.165, 1.54) is 0 Å². The van der Waals surface area contributed by atoms with E-state index in [0.29, 0.717) is 23.4 Å². The van der Waals surface area contributed by atoms with Crippen LogP contribution in [0.3, 0.4) is 0 Å². The Morgan fingerprint density at radius 3 is 2.36 bits per heavy atom. The Hall–Kier alpha value is -4.08. The number of guanidine groups is 1. The fourth-order valence-corrected chi connectivity index (χ4v) is 2.87. The van der Waals surface area contributed by atoms with Gasteiger partial charge in [0.25, 0.3) is 5.91 Å². The first kappa shape index (κ1) is 25.2. The van der Waals surface area contributed by atoms with Crippen LogP contribution in [0.2, 0.25) is 0 Å². The number of carbonyl (C=O) groups is 3. The largest absolute Gasteiger partial charge is 0.464 e. The van der Waals surface area contributed by atoms with Crippen LogP contribution in [0, 0.1) is 5.41 Å². The van der Waals surface area contributed by atoms with E-state index in [1.807, 2.05) is 6.92 Å². The molecule has 6 N–H and O–H groups in total. The van der Waals surface area contributed by atoms with Gasteiger partial charge in [-0.1, -0.05) is 25.1 Å². The third kappa shape index (κ3) is 8.52. The average Bonchev–Trinajstić information content (AvgIpc) is 2.78. The minimum atomic E-state index is -0.897. The van der Waals surface area contributed by atoms with Gasteiger partial charge in [0.15, 0.2) is 5.96 Å². The molecular weight excluding hydrogens is 426 g/mol. The molecule has 0 fully saturated rings. The van der Waals surface area contributed by atoms with Crippen LogP contribution in [0.5, 0.6) is 0 Å². The lowest BCUT2D eigenvalue weighted by molar-refractivity contribution is -0.145. The number of amides is 2. The third-order valence-electron chi connectivity index (χ3n) is 4.36. The zero-order chi connectivity index (χ0) is 24.2. The second-order valence-electron chi connectivity index (χ2n) is 7.06. The number of ether oxygens (including phenoxy) is 2. The van der Waals surface area contributed by atoms with E-state index in [-0.39, 0.29) is 31.5 Å². The number of alkyl carbamates (subject to hydrolysis) is 1. The Labute approximate surface area is 192 Å². The number of rotatable bonds is 10. The Bertz CT molecular complexity index is 977. The van der Waals surface area contributed by atoms with Crippen molar-refractivity contribution in [2.45, 2.75) is 32.7 Å². The van der Waals surface area contributed by atoms with Crippen LogP contribution >= 0.6 is 0 Å². The lowest BCUT2D eigenvalue weighted by atomic mass is 10.1. The summed E-state index contributed by atoms with van der Waals surface area (Å²) in [6, 6.07) is 12.6. The van der Waals surface area contributed by atoms with Gasteiger partial charge in [0.05, 0.1) is 13.2 Å². The van der Waals surface area contributed by atoms with Crippen molar-refractivity contribution < 1.29 is 23.9 Å². The normalized spacial score (nSPS) is 11.1. The van der Waals surface area contributed by atoms with Crippen LogP contribution in [-0.2, 0) is 20.7 Å². The second-order valence-corrected chi connectivity index (χ2v) is 7.06. The Morgan fingerprint density at radius 2 is 1.73 bits per heavy atom. The number of benzene rings is 2. The van der Waals surface area contributed by atoms with Crippen LogP contribution in [0.4, 0.5) is 16.2 Å². The van der Waals surface area contributed by atoms with Gasteiger partial charge in [-0.2, -0.15) is 0 Å². The second kappa shape index (κ2) is 12.7. The first-order valence-corrected chi connectivity index (χ1v) is 10.5. The van der Waals surface area contributed by atoms with Gasteiger partial charge in [-0.05, 0) is 49.2 Å². The van der Waals surface area contributed by atoms with Crippen LogP contribution < -0.4 is 21.7 Å². The molecule has 0 aliphatic carbocycles. The van der Waals surface area contributed by atoms with Crippen LogP contribution in [0.15, 0.2) is 48.5 Å². The Kier molecular flexibility index (Phi) is 9.69. The van der Waals surface area contributed by atoms with Crippen molar-refractivity contribution in [2.75, 3.05) is 23.8 Å². The molecule has 2 aromatic rings. The number of esters is 1. The van der Waals surface area contributed by atoms with E-state index in [1.54, 1.807) is 55.5 Å². The molecule has 0 heterocycles. The molecule has 0 aliphatic heterocycles. The molecule has 2 aromatic carbocycles. The highest BCUT2D eigenvalue weighted by Crippen LogP contribution is 2.15. The zero-order valence-corrected chi connectivity index (χ0v) is 18.6. The van der Waals surface area contributed by atoms with E-state index in [0.717, 1.165) is 5.56 Å². The number of hydrogen-bond donors (Lipinski definition) is 5. The summed E-state index contributed by atoms with van der Waals surface area (Å²) in [6.45, 7) is 4.00. The molecule has 0 aliphatic rings. The summed E-state index contributed by atoms with van der Waals surface area (Å²) in [4.78, 5) is 36.7. The number of nitrogens with one attached hydrogen (secondary N) is 4. The van der Waals surface area contributed by atoms with Gasteiger partial charge in [0, 0.05) is 23.4 Å². The highest BCUT2D eigenvalue weighted by Gasteiger charge is 2.23. The third-order valence-corrected chi connectivity index (χ3v) is 4.36. The van der Waals surface area contributed by atoms with Crippen molar-refractivity contribution in [1.29, 1.82) is 5.41 Å². The molecule has 176 valence electrons. The number of nitrogens with two attached hydrogens (primary N) is 1. The van der Waals surface area contributed by atoms with Crippen LogP contribution in [0.25, 0.3) is 0 Å².